The summed E-state index contributed by atoms with van der Waals surface area (Å²) in [6, 6.07) is 14.4. The Morgan fingerprint density at radius 3 is 2.47 bits per heavy atom. The van der Waals surface area contributed by atoms with Gasteiger partial charge in [-0.05, 0) is 44.9 Å². The van der Waals surface area contributed by atoms with E-state index in [1.807, 2.05) is 45.0 Å². The topological polar surface area (TPSA) is 96.5 Å². The predicted molar refractivity (Wildman–Crippen MR) is 116 cm³/mol. The second-order valence-electron chi connectivity index (χ2n) is 7.20. The third-order valence-corrected chi connectivity index (χ3v) is 4.22. The first-order chi connectivity index (χ1) is 14.4. The lowest BCUT2D eigenvalue weighted by atomic mass is 10.1. The smallest absolute Gasteiger partial charge is 0.313 e. The number of nitrogens with one attached hydrogen (secondary N) is 3. The van der Waals surface area contributed by atoms with Gasteiger partial charge in [-0.25, -0.2) is 0 Å². The fourth-order valence-electron chi connectivity index (χ4n) is 2.74. The Kier molecular flexibility index (Phi) is 9.03. The molecule has 7 nitrogen and oxygen atoms in total. The first-order valence-electron chi connectivity index (χ1n) is 10.0. The van der Waals surface area contributed by atoms with E-state index in [1.165, 1.54) is 0 Å². The number of aryl methyl sites for hydroxylation is 1. The molecular formula is C23H29N3O4. The molecule has 0 fully saturated rings. The predicted octanol–water partition coefficient (Wildman–Crippen LogP) is 2.79. The number of hydrogen-bond acceptors (Lipinski definition) is 4. The van der Waals surface area contributed by atoms with Crippen LogP contribution in [0.1, 0.15) is 41.8 Å². The molecule has 0 saturated carbocycles. The lowest BCUT2D eigenvalue weighted by molar-refractivity contribution is -0.136. The molecule has 160 valence electrons. The van der Waals surface area contributed by atoms with Crippen LogP contribution >= 0.6 is 0 Å². The van der Waals surface area contributed by atoms with E-state index in [2.05, 4.69) is 16.0 Å². The maximum absolute atomic E-state index is 12.6. The third kappa shape index (κ3) is 7.67. The summed E-state index contributed by atoms with van der Waals surface area (Å²) in [6.45, 7) is 7.04. The largest absolute Gasteiger partial charge is 0.379 e. The number of hydrogen-bond donors (Lipinski definition) is 3. The molecule has 3 amide bonds. The Balaban J connectivity index is 1.89. The number of benzene rings is 2. The van der Waals surface area contributed by atoms with Gasteiger partial charge in [-0.2, -0.15) is 0 Å². The van der Waals surface area contributed by atoms with Crippen molar-refractivity contribution in [2.75, 3.05) is 18.5 Å². The number of carbonyl (C=O) groups excluding carboxylic acids is 3. The molecule has 0 aliphatic rings. The molecule has 0 aromatic heterocycles. The first kappa shape index (κ1) is 23.1. The minimum absolute atomic E-state index is 0.123. The number of carbonyl (C=O) groups is 3. The minimum Gasteiger partial charge on any atom is -0.379 e. The molecule has 0 atom stereocenters. The van der Waals surface area contributed by atoms with Gasteiger partial charge in [0.05, 0.1) is 17.4 Å². The van der Waals surface area contributed by atoms with Crippen LogP contribution in [-0.4, -0.2) is 37.0 Å². The number of anilines is 1. The van der Waals surface area contributed by atoms with Crippen LogP contribution in [0.15, 0.2) is 48.5 Å². The van der Waals surface area contributed by atoms with E-state index in [4.69, 9.17) is 4.74 Å². The normalized spacial score (nSPS) is 10.5. The van der Waals surface area contributed by atoms with Gasteiger partial charge in [0, 0.05) is 19.7 Å². The molecule has 0 aliphatic carbocycles. The van der Waals surface area contributed by atoms with Gasteiger partial charge < -0.3 is 20.7 Å². The Labute approximate surface area is 177 Å². The number of rotatable bonds is 9. The molecule has 0 saturated heterocycles. The molecule has 0 unspecified atom stereocenters. The summed E-state index contributed by atoms with van der Waals surface area (Å²) in [6.07, 6.45) is 0.729. The molecule has 0 radical (unpaired) electrons. The van der Waals surface area contributed by atoms with Crippen molar-refractivity contribution in [2.45, 2.75) is 39.8 Å². The van der Waals surface area contributed by atoms with Crippen LogP contribution in [0, 0.1) is 6.92 Å². The molecule has 0 aliphatic heterocycles. The van der Waals surface area contributed by atoms with Crippen molar-refractivity contribution in [3.63, 3.8) is 0 Å². The molecule has 30 heavy (non-hydrogen) atoms. The number of para-hydroxylation sites is 1. The van der Waals surface area contributed by atoms with Crippen LogP contribution < -0.4 is 16.0 Å². The van der Waals surface area contributed by atoms with Gasteiger partial charge in [-0.15, -0.1) is 0 Å². The lowest BCUT2D eigenvalue weighted by Crippen LogP contribution is -2.36. The van der Waals surface area contributed by atoms with Crippen molar-refractivity contribution in [3.8, 4) is 0 Å². The highest BCUT2D eigenvalue weighted by Crippen LogP contribution is 2.15. The fraction of sp³-hybridized carbons (Fsp3) is 0.348. The molecule has 2 aromatic carbocycles. The van der Waals surface area contributed by atoms with Crippen LogP contribution in [0.2, 0.25) is 0 Å². The first-order valence-corrected chi connectivity index (χ1v) is 10.0. The van der Waals surface area contributed by atoms with E-state index in [-0.39, 0.29) is 23.3 Å². The Hall–Kier alpha value is -3.19. The summed E-state index contributed by atoms with van der Waals surface area (Å²) in [5.41, 5.74) is 2.65. The van der Waals surface area contributed by atoms with E-state index in [1.54, 1.807) is 24.3 Å². The molecule has 0 heterocycles. The zero-order valence-corrected chi connectivity index (χ0v) is 17.7. The second-order valence-corrected chi connectivity index (χ2v) is 7.20. The molecule has 2 rings (SSSR count). The molecule has 0 spiro atoms. The van der Waals surface area contributed by atoms with Gasteiger partial charge in [-0.3, -0.25) is 14.4 Å². The summed E-state index contributed by atoms with van der Waals surface area (Å²) < 4.78 is 5.39. The Morgan fingerprint density at radius 1 is 0.967 bits per heavy atom. The van der Waals surface area contributed by atoms with E-state index in [0.29, 0.717) is 26.1 Å². The van der Waals surface area contributed by atoms with E-state index in [9.17, 15) is 14.4 Å². The minimum atomic E-state index is -0.821. The summed E-state index contributed by atoms with van der Waals surface area (Å²) in [5, 5.41) is 7.90. The highest BCUT2D eigenvalue weighted by molar-refractivity contribution is 6.40. The van der Waals surface area contributed by atoms with Crippen LogP contribution in [-0.2, 0) is 20.9 Å². The van der Waals surface area contributed by atoms with Crippen molar-refractivity contribution < 1.29 is 19.1 Å². The van der Waals surface area contributed by atoms with Gasteiger partial charge in [0.2, 0.25) is 0 Å². The van der Waals surface area contributed by atoms with E-state index in [0.717, 1.165) is 11.1 Å². The summed E-state index contributed by atoms with van der Waals surface area (Å²) in [4.78, 5) is 36.8. The molecule has 3 N–H and O–H groups in total. The molecule has 7 heteroatoms. The van der Waals surface area contributed by atoms with Crippen molar-refractivity contribution in [2.24, 2.45) is 0 Å². The van der Waals surface area contributed by atoms with Gasteiger partial charge in [-0.1, -0.05) is 42.0 Å². The summed E-state index contributed by atoms with van der Waals surface area (Å²) in [5.74, 6) is -1.91. The monoisotopic (exact) mass is 411 g/mol. The second kappa shape index (κ2) is 11.7. The van der Waals surface area contributed by atoms with Crippen molar-refractivity contribution >= 4 is 23.4 Å². The lowest BCUT2D eigenvalue weighted by Gasteiger charge is -2.12. The summed E-state index contributed by atoms with van der Waals surface area (Å²) >= 11 is 0. The Morgan fingerprint density at radius 2 is 1.73 bits per heavy atom. The van der Waals surface area contributed by atoms with Gasteiger partial charge in [0.15, 0.2) is 0 Å². The Bertz CT molecular complexity index is 880. The maximum Gasteiger partial charge on any atom is 0.313 e. The SMILES string of the molecule is Cc1cccc(CNC(=O)c2ccccc2NC(=O)C(=O)NCCCOC(C)C)c1. The van der Waals surface area contributed by atoms with Crippen molar-refractivity contribution in [1.82, 2.24) is 10.6 Å². The number of amides is 3. The zero-order valence-electron chi connectivity index (χ0n) is 17.7. The quantitative estimate of drug-likeness (QED) is 0.437. The van der Waals surface area contributed by atoms with Gasteiger partial charge in [0.25, 0.3) is 5.91 Å². The summed E-state index contributed by atoms with van der Waals surface area (Å²) in [7, 11) is 0. The van der Waals surface area contributed by atoms with Crippen molar-refractivity contribution in [3.05, 3.63) is 65.2 Å². The molecule has 2 aromatic rings. The average Bonchev–Trinajstić information content (AvgIpc) is 2.71. The van der Waals surface area contributed by atoms with E-state index >= 15 is 0 Å². The van der Waals surface area contributed by atoms with Gasteiger partial charge in [0.1, 0.15) is 0 Å². The van der Waals surface area contributed by atoms with Gasteiger partial charge >= 0.3 is 11.8 Å². The van der Waals surface area contributed by atoms with Crippen LogP contribution in [0.25, 0.3) is 0 Å². The highest BCUT2D eigenvalue weighted by Gasteiger charge is 2.17. The van der Waals surface area contributed by atoms with Crippen LogP contribution in [0.3, 0.4) is 0 Å². The van der Waals surface area contributed by atoms with Crippen LogP contribution in [0.5, 0.6) is 0 Å². The zero-order chi connectivity index (χ0) is 21.9. The maximum atomic E-state index is 12.6. The third-order valence-electron chi connectivity index (χ3n) is 4.22. The fourth-order valence-corrected chi connectivity index (χ4v) is 2.74. The van der Waals surface area contributed by atoms with Crippen LogP contribution in [0.4, 0.5) is 5.69 Å². The molecular weight excluding hydrogens is 382 g/mol. The average molecular weight is 412 g/mol. The van der Waals surface area contributed by atoms with Crippen molar-refractivity contribution in [1.29, 1.82) is 0 Å². The molecule has 0 bridgehead atoms. The van der Waals surface area contributed by atoms with E-state index < -0.39 is 11.8 Å². The number of ether oxygens (including phenoxy) is 1. The standard InChI is InChI=1S/C23H29N3O4/c1-16(2)30-13-7-12-24-22(28)23(29)26-20-11-5-4-10-19(20)21(27)25-15-18-9-6-8-17(3)14-18/h4-6,8-11,14,16H,7,12-13,15H2,1-3H3,(H,24,28)(H,25,27)(H,26,29). The highest BCUT2D eigenvalue weighted by atomic mass is 16.5.